The van der Waals surface area contributed by atoms with Crippen molar-refractivity contribution in [2.24, 2.45) is 5.92 Å². The molecule has 2 aliphatic rings. The molecule has 0 radical (unpaired) electrons. The molecule has 4 nitrogen and oxygen atoms in total. The van der Waals surface area contributed by atoms with Gasteiger partial charge in [-0.05, 0) is 50.7 Å². The van der Waals surface area contributed by atoms with E-state index in [-0.39, 0.29) is 5.60 Å². The quantitative estimate of drug-likeness (QED) is 0.838. The molecular weight excluding hydrogens is 276 g/mol. The Hall–Kier alpha value is -0.970. The number of likely N-dealkylation sites (tertiary alicyclic amines) is 1. The zero-order chi connectivity index (χ0) is 15.4. The van der Waals surface area contributed by atoms with Gasteiger partial charge in [0.1, 0.15) is 0 Å². The number of rotatable bonds is 5. The summed E-state index contributed by atoms with van der Waals surface area (Å²) >= 11 is 0. The lowest BCUT2D eigenvalue weighted by Crippen LogP contribution is -2.47. The molecule has 1 atom stereocenters. The van der Waals surface area contributed by atoms with Crippen LogP contribution in [0.15, 0.2) is 18.2 Å². The molecule has 22 heavy (non-hydrogen) atoms. The Balaban J connectivity index is 1.55. The van der Waals surface area contributed by atoms with Crippen molar-refractivity contribution in [3.8, 4) is 0 Å². The minimum atomic E-state index is 0.120. The number of pyridine rings is 1. The van der Waals surface area contributed by atoms with Crippen LogP contribution in [0.5, 0.6) is 0 Å². The average molecular weight is 304 g/mol. The number of methoxy groups -OCH3 is 1. The number of aryl methyl sites for hydroxylation is 1. The number of piperidine rings is 1. The Morgan fingerprint density at radius 3 is 2.91 bits per heavy atom. The highest BCUT2D eigenvalue weighted by Gasteiger charge is 2.45. The van der Waals surface area contributed by atoms with Crippen molar-refractivity contribution in [2.45, 2.75) is 44.8 Å². The van der Waals surface area contributed by atoms with Crippen LogP contribution in [0.25, 0.3) is 0 Å². The molecule has 1 aromatic rings. The zero-order valence-electron chi connectivity index (χ0n) is 13.9. The molecule has 1 aromatic heterocycles. The van der Waals surface area contributed by atoms with Gasteiger partial charge in [0.15, 0.2) is 0 Å². The lowest BCUT2D eigenvalue weighted by atomic mass is 9.78. The van der Waals surface area contributed by atoms with E-state index >= 15 is 0 Å². The third-order valence-electron chi connectivity index (χ3n) is 5.30. The van der Waals surface area contributed by atoms with Crippen LogP contribution in [0.4, 0.5) is 0 Å². The second-order valence-corrected chi connectivity index (χ2v) is 6.73. The molecule has 2 saturated heterocycles. The fourth-order valence-corrected chi connectivity index (χ4v) is 4.01. The van der Waals surface area contributed by atoms with Crippen LogP contribution in [0.3, 0.4) is 0 Å². The number of hydrogen-bond acceptors (Lipinski definition) is 4. The number of ether oxygens (including phenoxy) is 2. The van der Waals surface area contributed by atoms with Gasteiger partial charge < -0.3 is 9.47 Å². The smallest absolute Gasteiger partial charge is 0.0736 e. The lowest BCUT2D eigenvalue weighted by Gasteiger charge is -2.42. The first-order chi connectivity index (χ1) is 10.7. The normalized spacial score (nSPS) is 24.9. The highest BCUT2D eigenvalue weighted by atomic mass is 16.5. The number of hydrogen-bond donors (Lipinski definition) is 0. The molecule has 2 fully saturated rings. The first kappa shape index (κ1) is 15.9. The molecule has 122 valence electrons. The second kappa shape index (κ2) is 7.07. The maximum atomic E-state index is 6.21. The Morgan fingerprint density at radius 2 is 2.18 bits per heavy atom. The van der Waals surface area contributed by atoms with Crippen LogP contribution in [0.2, 0.25) is 0 Å². The average Bonchev–Trinajstić information content (AvgIpc) is 2.90. The minimum absolute atomic E-state index is 0.120. The standard InChI is InChI=1S/C18H28N2O2/c1-15-4-3-5-17(19-15)14-20-10-8-18(9-11-20)16(6-12-21-2)7-13-22-18/h3-5,16H,6-14H2,1-2H3. The molecule has 0 aliphatic carbocycles. The fourth-order valence-electron chi connectivity index (χ4n) is 4.01. The van der Waals surface area contributed by atoms with Crippen LogP contribution in [0, 0.1) is 12.8 Å². The maximum Gasteiger partial charge on any atom is 0.0736 e. The third-order valence-corrected chi connectivity index (χ3v) is 5.30. The molecule has 0 saturated carbocycles. The summed E-state index contributed by atoms with van der Waals surface area (Å²) in [6, 6.07) is 6.29. The first-order valence-corrected chi connectivity index (χ1v) is 8.50. The minimum Gasteiger partial charge on any atom is -0.385 e. The van der Waals surface area contributed by atoms with E-state index in [4.69, 9.17) is 9.47 Å². The van der Waals surface area contributed by atoms with Crippen molar-refractivity contribution < 1.29 is 9.47 Å². The van der Waals surface area contributed by atoms with Crippen molar-refractivity contribution in [3.05, 3.63) is 29.6 Å². The van der Waals surface area contributed by atoms with Gasteiger partial charge in [0.25, 0.3) is 0 Å². The largest absolute Gasteiger partial charge is 0.385 e. The van der Waals surface area contributed by atoms with Crippen LogP contribution in [-0.4, -0.2) is 48.9 Å². The SMILES string of the molecule is COCCC1CCOC12CCN(Cc1cccc(C)n1)CC2. The summed E-state index contributed by atoms with van der Waals surface area (Å²) in [4.78, 5) is 7.14. The molecular formula is C18H28N2O2. The van der Waals surface area contributed by atoms with Crippen LogP contribution in [-0.2, 0) is 16.0 Å². The molecule has 0 amide bonds. The molecule has 1 spiro atoms. The molecule has 2 aliphatic heterocycles. The third kappa shape index (κ3) is 3.50. The first-order valence-electron chi connectivity index (χ1n) is 8.50. The van der Waals surface area contributed by atoms with Gasteiger partial charge in [-0.3, -0.25) is 9.88 Å². The van der Waals surface area contributed by atoms with E-state index in [9.17, 15) is 0 Å². The topological polar surface area (TPSA) is 34.6 Å². The molecule has 0 N–H and O–H groups in total. The van der Waals surface area contributed by atoms with E-state index in [1.807, 2.05) is 0 Å². The summed E-state index contributed by atoms with van der Waals surface area (Å²) in [5.74, 6) is 0.673. The van der Waals surface area contributed by atoms with Crippen molar-refractivity contribution in [3.63, 3.8) is 0 Å². The summed E-state index contributed by atoms with van der Waals surface area (Å²) in [6.07, 6.45) is 4.62. The van der Waals surface area contributed by atoms with Crippen molar-refractivity contribution in [1.82, 2.24) is 9.88 Å². The van der Waals surface area contributed by atoms with Crippen LogP contribution >= 0.6 is 0 Å². The zero-order valence-corrected chi connectivity index (χ0v) is 13.9. The number of aromatic nitrogens is 1. The van der Waals surface area contributed by atoms with Gasteiger partial charge in [0, 0.05) is 45.7 Å². The predicted molar refractivity (Wildman–Crippen MR) is 86.8 cm³/mol. The van der Waals surface area contributed by atoms with Gasteiger partial charge >= 0.3 is 0 Å². The van der Waals surface area contributed by atoms with E-state index in [0.717, 1.165) is 57.8 Å². The maximum absolute atomic E-state index is 6.21. The monoisotopic (exact) mass is 304 g/mol. The van der Waals surface area contributed by atoms with Gasteiger partial charge in [-0.15, -0.1) is 0 Å². The number of nitrogens with zero attached hydrogens (tertiary/aromatic N) is 2. The Labute approximate surface area is 133 Å². The summed E-state index contributed by atoms with van der Waals surface area (Å²) in [5.41, 5.74) is 2.40. The molecule has 4 heteroatoms. The van der Waals surface area contributed by atoms with Gasteiger partial charge in [-0.1, -0.05) is 6.07 Å². The van der Waals surface area contributed by atoms with Gasteiger partial charge in [-0.25, -0.2) is 0 Å². The summed E-state index contributed by atoms with van der Waals surface area (Å²) in [5, 5.41) is 0. The van der Waals surface area contributed by atoms with Gasteiger partial charge in [0.05, 0.1) is 11.3 Å². The summed E-state index contributed by atoms with van der Waals surface area (Å²) < 4.78 is 11.5. The second-order valence-electron chi connectivity index (χ2n) is 6.73. The highest BCUT2D eigenvalue weighted by Crippen LogP contribution is 2.42. The van der Waals surface area contributed by atoms with E-state index in [1.54, 1.807) is 7.11 Å². The molecule has 0 bridgehead atoms. The predicted octanol–water partition coefficient (Wildman–Crippen LogP) is 2.80. The highest BCUT2D eigenvalue weighted by molar-refractivity contribution is 5.10. The van der Waals surface area contributed by atoms with Crippen molar-refractivity contribution in [1.29, 1.82) is 0 Å². The summed E-state index contributed by atoms with van der Waals surface area (Å²) in [7, 11) is 1.79. The van der Waals surface area contributed by atoms with E-state index < -0.39 is 0 Å². The Bertz CT molecular complexity index is 484. The molecule has 1 unspecified atom stereocenters. The summed E-state index contributed by atoms with van der Waals surface area (Å²) in [6.45, 7) is 7.01. The van der Waals surface area contributed by atoms with Crippen molar-refractivity contribution in [2.75, 3.05) is 33.4 Å². The molecule has 3 heterocycles. The van der Waals surface area contributed by atoms with Crippen molar-refractivity contribution >= 4 is 0 Å². The fraction of sp³-hybridized carbons (Fsp3) is 0.722. The van der Waals surface area contributed by atoms with Gasteiger partial charge in [0.2, 0.25) is 0 Å². The van der Waals surface area contributed by atoms with E-state index in [2.05, 4.69) is 35.0 Å². The Morgan fingerprint density at radius 1 is 1.36 bits per heavy atom. The Kier molecular flexibility index (Phi) is 5.11. The van der Waals surface area contributed by atoms with Gasteiger partial charge in [-0.2, -0.15) is 0 Å². The van der Waals surface area contributed by atoms with Crippen LogP contribution in [0.1, 0.15) is 37.1 Å². The van der Waals surface area contributed by atoms with Crippen LogP contribution < -0.4 is 0 Å². The lowest BCUT2D eigenvalue weighted by molar-refractivity contribution is -0.0722. The van der Waals surface area contributed by atoms with E-state index in [1.165, 1.54) is 12.1 Å². The molecule has 0 aromatic carbocycles. The molecule has 3 rings (SSSR count). The van der Waals surface area contributed by atoms with E-state index in [0.29, 0.717) is 5.92 Å².